The van der Waals surface area contributed by atoms with Crippen molar-refractivity contribution in [2.24, 2.45) is 0 Å². The molecular formula is C26H35O9P. The highest BCUT2D eigenvalue weighted by molar-refractivity contribution is 7.48. The lowest BCUT2D eigenvalue weighted by Gasteiger charge is -2.40. The average molecular weight is 523 g/mol. The number of phosphoric acid groups is 1. The van der Waals surface area contributed by atoms with Gasteiger partial charge in [-0.2, -0.15) is 0 Å². The van der Waals surface area contributed by atoms with Gasteiger partial charge in [-0.05, 0) is 36.8 Å². The molecule has 6 aliphatic rings. The normalized spacial score (nSPS) is 40.4. The van der Waals surface area contributed by atoms with Crippen LogP contribution in [-0.4, -0.2) is 53.3 Å². The number of rotatable bonds is 2. The molecule has 1 N–H and O–H groups in total. The van der Waals surface area contributed by atoms with E-state index in [-0.39, 0.29) is 13.2 Å². The van der Waals surface area contributed by atoms with Gasteiger partial charge in [0, 0.05) is 25.7 Å². The Morgan fingerprint density at radius 1 is 0.722 bits per heavy atom. The van der Waals surface area contributed by atoms with Crippen molar-refractivity contribution in [3.8, 4) is 0 Å². The monoisotopic (exact) mass is 522 g/mol. The first-order valence-electron chi connectivity index (χ1n) is 13.5. The van der Waals surface area contributed by atoms with Gasteiger partial charge in [0.2, 0.25) is 0 Å². The van der Waals surface area contributed by atoms with Crippen LogP contribution in [0.5, 0.6) is 0 Å². The van der Waals surface area contributed by atoms with Gasteiger partial charge in [0.05, 0.1) is 13.2 Å². The maximum atomic E-state index is 13.9. The molecule has 36 heavy (non-hydrogen) atoms. The Hall–Kier alpha value is -0.870. The van der Waals surface area contributed by atoms with Crippen LogP contribution in [0, 0.1) is 0 Å². The van der Waals surface area contributed by atoms with Crippen molar-refractivity contribution in [1.29, 1.82) is 0 Å². The Balaban J connectivity index is 1.19. The highest BCUT2D eigenvalue weighted by Gasteiger charge is 2.67. The van der Waals surface area contributed by atoms with Crippen LogP contribution in [0.25, 0.3) is 0 Å². The molecule has 0 radical (unpaired) electrons. The van der Waals surface area contributed by atoms with E-state index in [2.05, 4.69) is 0 Å². The standard InChI is InChI=1S/C26H35O9P/c27-19-20-22(33-25(31-20)11-5-1-6-12-25)24(23-21(19)32-26(34-23)13-7-2-8-14-26)35-36(28)29-15-17-9-3-4-10-18(17)16-30-36/h3-4,9-10,19-24,27H,1-2,5-8,11-16H2/t19?,20-,21-,22-,23+,24?/m0/s1. The predicted molar refractivity (Wildman–Crippen MR) is 126 cm³/mol. The summed E-state index contributed by atoms with van der Waals surface area (Å²) in [5.41, 5.74) is 1.83. The Bertz CT molecular complexity index is 947. The first-order chi connectivity index (χ1) is 17.5. The van der Waals surface area contributed by atoms with E-state index >= 15 is 0 Å². The van der Waals surface area contributed by atoms with Crippen LogP contribution in [0.4, 0.5) is 0 Å². The molecule has 1 aromatic rings. The van der Waals surface area contributed by atoms with E-state index in [0.29, 0.717) is 0 Å². The van der Waals surface area contributed by atoms with Crippen LogP contribution in [0.15, 0.2) is 24.3 Å². The molecule has 6 atom stereocenters. The van der Waals surface area contributed by atoms with Gasteiger partial charge in [-0.25, -0.2) is 4.57 Å². The summed E-state index contributed by atoms with van der Waals surface area (Å²) in [6.07, 6.45) is 4.76. The highest BCUT2D eigenvalue weighted by Crippen LogP contribution is 2.58. The molecule has 10 heteroatoms. The molecule has 2 spiro atoms. The molecule has 3 aliphatic carbocycles. The molecule has 7 rings (SSSR count). The number of fused-ring (bicyclic) bond motifs is 3. The van der Waals surface area contributed by atoms with Crippen molar-refractivity contribution in [3.63, 3.8) is 0 Å². The quantitative estimate of drug-likeness (QED) is 0.563. The van der Waals surface area contributed by atoms with Crippen LogP contribution >= 0.6 is 7.82 Å². The topological polar surface area (TPSA) is 102 Å². The first kappa shape index (κ1) is 24.2. The van der Waals surface area contributed by atoms with Crippen molar-refractivity contribution in [1.82, 2.24) is 0 Å². The maximum absolute atomic E-state index is 13.9. The Labute approximate surface area is 211 Å². The van der Waals surface area contributed by atoms with E-state index in [9.17, 15) is 9.67 Å². The maximum Gasteiger partial charge on any atom is 0.475 e. The summed E-state index contributed by atoms with van der Waals surface area (Å²) in [5, 5.41) is 11.4. The zero-order valence-corrected chi connectivity index (χ0v) is 21.3. The van der Waals surface area contributed by atoms with Crippen LogP contribution in [0.2, 0.25) is 0 Å². The summed E-state index contributed by atoms with van der Waals surface area (Å²) < 4.78 is 57.7. The third-order valence-corrected chi connectivity index (χ3v) is 10.1. The fraction of sp³-hybridized carbons (Fsp3) is 0.769. The Kier molecular flexibility index (Phi) is 6.12. The largest absolute Gasteiger partial charge is 0.475 e. The van der Waals surface area contributed by atoms with E-state index in [0.717, 1.165) is 75.3 Å². The van der Waals surface area contributed by atoms with Crippen molar-refractivity contribution in [2.45, 2.75) is 126 Å². The third kappa shape index (κ3) is 4.12. The second-order valence-corrected chi connectivity index (χ2v) is 12.7. The summed E-state index contributed by atoms with van der Waals surface area (Å²) >= 11 is 0. The molecule has 2 unspecified atom stereocenters. The van der Waals surface area contributed by atoms with Crippen molar-refractivity contribution < 1.29 is 42.2 Å². The van der Waals surface area contributed by atoms with Crippen LogP contribution < -0.4 is 0 Å². The molecule has 1 aromatic carbocycles. The van der Waals surface area contributed by atoms with Gasteiger partial charge in [-0.15, -0.1) is 0 Å². The van der Waals surface area contributed by atoms with Gasteiger partial charge < -0.3 is 24.1 Å². The molecule has 2 saturated heterocycles. The molecule has 3 aliphatic heterocycles. The van der Waals surface area contributed by atoms with Crippen molar-refractivity contribution in [2.75, 3.05) is 0 Å². The number of ether oxygens (including phenoxy) is 4. The smallest absolute Gasteiger partial charge is 0.387 e. The molecule has 3 saturated carbocycles. The molecule has 0 aromatic heterocycles. The van der Waals surface area contributed by atoms with E-state index < -0.39 is 56.0 Å². The van der Waals surface area contributed by atoms with E-state index in [1.54, 1.807) is 0 Å². The van der Waals surface area contributed by atoms with Gasteiger partial charge in [0.15, 0.2) is 11.6 Å². The minimum absolute atomic E-state index is 0.119. The summed E-state index contributed by atoms with van der Waals surface area (Å²) in [6, 6.07) is 7.69. The second kappa shape index (κ2) is 9.11. The third-order valence-electron chi connectivity index (χ3n) is 8.73. The number of hydrogen-bond donors (Lipinski definition) is 1. The van der Waals surface area contributed by atoms with Crippen LogP contribution in [0.1, 0.15) is 75.3 Å². The van der Waals surface area contributed by atoms with Gasteiger partial charge in [-0.1, -0.05) is 37.1 Å². The average Bonchev–Trinajstić information content (AvgIpc) is 3.39. The van der Waals surface area contributed by atoms with E-state index in [1.807, 2.05) is 24.3 Å². The zero-order chi connectivity index (χ0) is 24.4. The Morgan fingerprint density at radius 3 is 1.64 bits per heavy atom. The lowest BCUT2D eigenvalue weighted by atomic mass is 9.85. The summed E-state index contributed by atoms with van der Waals surface area (Å²) in [4.78, 5) is 0. The second-order valence-electron chi connectivity index (χ2n) is 11.1. The number of aliphatic hydroxyl groups excluding tert-OH is 1. The van der Waals surface area contributed by atoms with Gasteiger partial charge >= 0.3 is 7.82 Å². The lowest BCUT2D eigenvalue weighted by molar-refractivity contribution is -0.223. The SMILES string of the molecule is O=P1(OC2[C@H]3OC4(CCCCC4)O[C@H]3C(O)[C@@H]3OC4(CCCCC4)O[C@@H]23)OCc2ccccc2CO1. The van der Waals surface area contributed by atoms with Crippen LogP contribution in [-0.2, 0) is 50.3 Å². The minimum atomic E-state index is -3.98. The number of aliphatic hydroxyl groups is 1. The molecule has 198 valence electrons. The number of hydrogen-bond acceptors (Lipinski definition) is 9. The molecule has 9 nitrogen and oxygen atoms in total. The van der Waals surface area contributed by atoms with Gasteiger partial charge in [0.1, 0.15) is 36.6 Å². The fourth-order valence-electron chi connectivity index (χ4n) is 6.88. The first-order valence-corrected chi connectivity index (χ1v) is 15.0. The highest BCUT2D eigenvalue weighted by atomic mass is 31.2. The Morgan fingerprint density at radius 2 is 1.17 bits per heavy atom. The number of benzene rings is 1. The predicted octanol–water partition coefficient (Wildman–Crippen LogP) is 4.49. The van der Waals surface area contributed by atoms with Crippen molar-refractivity contribution in [3.05, 3.63) is 35.4 Å². The van der Waals surface area contributed by atoms with Gasteiger partial charge in [0.25, 0.3) is 0 Å². The molecule has 0 bridgehead atoms. The van der Waals surface area contributed by atoms with E-state index in [4.69, 9.17) is 32.5 Å². The molecule has 5 fully saturated rings. The van der Waals surface area contributed by atoms with E-state index in [1.165, 1.54) is 0 Å². The van der Waals surface area contributed by atoms with Crippen molar-refractivity contribution >= 4 is 7.82 Å². The molecule has 3 heterocycles. The minimum Gasteiger partial charge on any atom is -0.387 e. The molecular weight excluding hydrogens is 487 g/mol. The van der Waals surface area contributed by atoms with Crippen LogP contribution in [0.3, 0.4) is 0 Å². The van der Waals surface area contributed by atoms with Gasteiger partial charge in [-0.3, -0.25) is 13.6 Å². The summed E-state index contributed by atoms with van der Waals surface area (Å²) in [7, 11) is -3.98. The fourth-order valence-corrected chi connectivity index (χ4v) is 8.21. The zero-order valence-electron chi connectivity index (χ0n) is 20.4. The lowest BCUT2D eigenvalue weighted by Crippen LogP contribution is -2.62. The molecule has 0 amide bonds. The summed E-state index contributed by atoms with van der Waals surface area (Å²) in [5.74, 6) is -1.54. The summed E-state index contributed by atoms with van der Waals surface area (Å²) in [6.45, 7) is 0.237. The number of phosphoric ester groups is 1.